The second-order valence-electron chi connectivity index (χ2n) is 3.18. The van der Waals surface area contributed by atoms with Crippen LogP contribution in [0.5, 0.6) is 0 Å². The Labute approximate surface area is 60.2 Å². The highest BCUT2D eigenvalue weighted by Gasteiger charge is 2.40. The molecule has 0 aromatic rings. The van der Waals surface area contributed by atoms with Gasteiger partial charge in [-0.15, -0.1) is 0 Å². The minimum Gasteiger partial charge on any atom is -0.336 e. The van der Waals surface area contributed by atoms with Crippen LogP contribution in [0.25, 0.3) is 0 Å². The van der Waals surface area contributed by atoms with E-state index >= 15 is 0 Å². The number of likely N-dealkylation sites (tertiary alicyclic amines) is 1. The van der Waals surface area contributed by atoms with E-state index in [-0.39, 0.29) is 11.9 Å². The van der Waals surface area contributed by atoms with Gasteiger partial charge in [0.1, 0.15) is 6.04 Å². The van der Waals surface area contributed by atoms with Gasteiger partial charge in [0.25, 0.3) is 0 Å². The molecule has 1 saturated carbocycles. The zero-order valence-corrected chi connectivity index (χ0v) is 5.92. The molecule has 2 fully saturated rings. The Hall–Kier alpha value is -0.570. The van der Waals surface area contributed by atoms with Crippen molar-refractivity contribution < 1.29 is 4.79 Å². The molecule has 56 valence electrons. The van der Waals surface area contributed by atoms with Crippen LogP contribution in [0.2, 0.25) is 0 Å². The standard InChI is InChI=1S/C7H12N2O/c8-6-4-9(7(6)10)5-2-1-3-5/h5-6H,1-4,8H2. The lowest BCUT2D eigenvalue weighted by Gasteiger charge is -2.45. The molecule has 10 heavy (non-hydrogen) atoms. The molecule has 1 aliphatic carbocycles. The molecule has 0 radical (unpaired) electrons. The van der Waals surface area contributed by atoms with E-state index in [4.69, 9.17) is 5.73 Å². The molecule has 3 heteroatoms. The average molecular weight is 140 g/mol. The summed E-state index contributed by atoms with van der Waals surface area (Å²) in [5, 5.41) is 0. The quantitative estimate of drug-likeness (QED) is 0.509. The predicted octanol–water partition coefficient (Wildman–Crippen LogP) is -0.292. The van der Waals surface area contributed by atoms with Gasteiger partial charge in [-0.05, 0) is 19.3 Å². The van der Waals surface area contributed by atoms with Gasteiger partial charge >= 0.3 is 0 Å². The normalized spacial score (nSPS) is 33.5. The van der Waals surface area contributed by atoms with Crippen LogP contribution in [-0.4, -0.2) is 29.4 Å². The van der Waals surface area contributed by atoms with E-state index in [0.29, 0.717) is 6.04 Å². The van der Waals surface area contributed by atoms with Gasteiger partial charge < -0.3 is 10.6 Å². The molecule has 1 amide bonds. The Balaban J connectivity index is 1.90. The second kappa shape index (κ2) is 1.95. The molecule has 3 nitrogen and oxygen atoms in total. The number of hydrogen-bond donors (Lipinski definition) is 1. The zero-order valence-electron chi connectivity index (χ0n) is 5.92. The van der Waals surface area contributed by atoms with E-state index < -0.39 is 0 Å². The minimum atomic E-state index is -0.180. The predicted molar refractivity (Wildman–Crippen MR) is 37.3 cm³/mol. The van der Waals surface area contributed by atoms with Crippen LogP contribution in [0.1, 0.15) is 19.3 Å². The van der Waals surface area contributed by atoms with Crippen LogP contribution in [0.4, 0.5) is 0 Å². The Morgan fingerprint density at radius 1 is 1.50 bits per heavy atom. The monoisotopic (exact) mass is 140 g/mol. The molecule has 0 bridgehead atoms. The van der Waals surface area contributed by atoms with E-state index in [9.17, 15) is 4.79 Å². The van der Waals surface area contributed by atoms with Crippen molar-refractivity contribution in [1.29, 1.82) is 0 Å². The van der Waals surface area contributed by atoms with Gasteiger partial charge in [0.15, 0.2) is 0 Å². The lowest BCUT2D eigenvalue weighted by Crippen LogP contribution is -2.65. The van der Waals surface area contributed by atoms with Crippen molar-refractivity contribution >= 4 is 5.91 Å². The average Bonchev–Trinajstić information content (AvgIpc) is 1.83. The van der Waals surface area contributed by atoms with Crippen LogP contribution in [0, 0.1) is 0 Å². The molecule has 2 rings (SSSR count). The molecular formula is C7H12N2O. The van der Waals surface area contributed by atoms with Crippen molar-refractivity contribution in [3.05, 3.63) is 0 Å². The Kier molecular flexibility index (Phi) is 1.20. The van der Waals surface area contributed by atoms with Crippen LogP contribution in [0.3, 0.4) is 0 Å². The summed E-state index contributed by atoms with van der Waals surface area (Å²) < 4.78 is 0. The summed E-state index contributed by atoms with van der Waals surface area (Å²) in [5.74, 6) is 0.157. The molecule has 1 saturated heterocycles. The first-order valence-corrected chi connectivity index (χ1v) is 3.85. The topological polar surface area (TPSA) is 46.3 Å². The highest BCUT2D eigenvalue weighted by atomic mass is 16.2. The summed E-state index contributed by atoms with van der Waals surface area (Å²) in [7, 11) is 0. The number of rotatable bonds is 1. The highest BCUT2D eigenvalue weighted by Crippen LogP contribution is 2.28. The van der Waals surface area contributed by atoms with E-state index in [0.717, 1.165) is 6.54 Å². The summed E-state index contributed by atoms with van der Waals surface area (Å²) in [6, 6.07) is 0.368. The molecule has 0 aromatic carbocycles. The van der Waals surface area contributed by atoms with Crippen LogP contribution >= 0.6 is 0 Å². The lowest BCUT2D eigenvalue weighted by molar-refractivity contribution is -0.147. The van der Waals surface area contributed by atoms with Gasteiger partial charge in [0.05, 0.1) is 0 Å². The third-order valence-electron chi connectivity index (χ3n) is 2.51. The fourth-order valence-corrected chi connectivity index (χ4v) is 1.51. The fourth-order valence-electron chi connectivity index (χ4n) is 1.51. The number of nitrogens with zero attached hydrogens (tertiary/aromatic N) is 1. The van der Waals surface area contributed by atoms with Crippen molar-refractivity contribution in [2.75, 3.05) is 6.54 Å². The van der Waals surface area contributed by atoms with Crippen molar-refractivity contribution in [3.63, 3.8) is 0 Å². The first-order chi connectivity index (χ1) is 4.79. The van der Waals surface area contributed by atoms with Gasteiger partial charge in [0.2, 0.25) is 5.91 Å². The van der Waals surface area contributed by atoms with Crippen molar-refractivity contribution in [2.45, 2.75) is 31.3 Å². The molecule has 0 aromatic heterocycles. The first kappa shape index (κ1) is 6.16. The zero-order chi connectivity index (χ0) is 7.14. The van der Waals surface area contributed by atoms with E-state index in [2.05, 4.69) is 0 Å². The van der Waals surface area contributed by atoms with Crippen molar-refractivity contribution in [1.82, 2.24) is 4.90 Å². The summed E-state index contributed by atoms with van der Waals surface area (Å²) in [6.07, 6.45) is 3.67. The summed E-state index contributed by atoms with van der Waals surface area (Å²) >= 11 is 0. The van der Waals surface area contributed by atoms with Gasteiger partial charge in [-0.2, -0.15) is 0 Å². The molecular weight excluding hydrogens is 128 g/mol. The lowest BCUT2D eigenvalue weighted by atomic mass is 9.88. The van der Waals surface area contributed by atoms with E-state index in [1.807, 2.05) is 4.90 Å². The number of carbonyl (C=O) groups excluding carboxylic acids is 1. The molecule has 2 N–H and O–H groups in total. The SMILES string of the molecule is NC1CN(C2CCC2)C1=O. The smallest absolute Gasteiger partial charge is 0.241 e. The number of hydrogen-bond acceptors (Lipinski definition) is 2. The molecule has 1 unspecified atom stereocenters. The van der Waals surface area contributed by atoms with Crippen LogP contribution in [0.15, 0.2) is 0 Å². The van der Waals surface area contributed by atoms with Crippen molar-refractivity contribution in [2.24, 2.45) is 5.73 Å². The van der Waals surface area contributed by atoms with Gasteiger partial charge in [-0.1, -0.05) is 0 Å². The summed E-state index contributed by atoms with van der Waals surface area (Å²) in [5.41, 5.74) is 5.44. The number of nitrogens with two attached hydrogens (primary N) is 1. The van der Waals surface area contributed by atoms with Gasteiger partial charge in [-0.3, -0.25) is 4.79 Å². The maximum Gasteiger partial charge on any atom is 0.241 e. The minimum absolute atomic E-state index is 0.157. The van der Waals surface area contributed by atoms with Crippen LogP contribution in [-0.2, 0) is 4.79 Å². The van der Waals surface area contributed by atoms with Crippen molar-refractivity contribution in [3.8, 4) is 0 Å². The summed E-state index contributed by atoms with van der Waals surface area (Å²) in [4.78, 5) is 12.9. The first-order valence-electron chi connectivity index (χ1n) is 3.85. The maximum absolute atomic E-state index is 11.0. The van der Waals surface area contributed by atoms with Crippen LogP contribution < -0.4 is 5.73 Å². The second-order valence-corrected chi connectivity index (χ2v) is 3.18. The number of carbonyl (C=O) groups is 1. The highest BCUT2D eigenvalue weighted by molar-refractivity contribution is 5.88. The van der Waals surface area contributed by atoms with E-state index in [1.165, 1.54) is 19.3 Å². The molecule has 1 atom stereocenters. The molecule has 2 aliphatic rings. The molecule has 1 heterocycles. The molecule has 0 spiro atoms. The number of β-lactam (4-membered cyclic amide) rings is 1. The fraction of sp³-hybridized carbons (Fsp3) is 0.857. The van der Waals surface area contributed by atoms with E-state index in [1.54, 1.807) is 0 Å². The Bertz CT molecular complexity index is 165. The largest absolute Gasteiger partial charge is 0.336 e. The Morgan fingerprint density at radius 2 is 2.20 bits per heavy atom. The summed E-state index contributed by atoms with van der Waals surface area (Å²) in [6.45, 7) is 0.795. The third kappa shape index (κ3) is 0.669. The number of amides is 1. The Morgan fingerprint density at radius 3 is 2.50 bits per heavy atom. The maximum atomic E-state index is 11.0. The van der Waals surface area contributed by atoms with Gasteiger partial charge in [-0.25, -0.2) is 0 Å². The van der Waals surface area contributed by atoms with Gasteiger partial charge in [0, 0.05) is 12.6 Å². The molecule has 1 aliphatic heterocycles. The third-order valence-corrected chi connectivity index (χ3v) is 2.51.